The second-order valence-electron chi connectivity index (χ2n) is 6.94. The fourth-order valence-corrected chi connectivity index (χ4v) is 2.90. The van der Waals surface area contributed by atoms with Crippen LogP contribution in [-0.2, 0) is 6.54 Å². The summed E-state index contributed by atoms with van der Waals surface area (Å²) in [5.74, 6) is 1.87. The average molecular weight is 368 g/mol. The Hall–Kier alpha value is -2.67. The number of aromatic nitrogens is 4. The minimum Gasteiger partial charge on any atom is -0.396 e. The van der Waals surface area contributed by atoms with E-state index in [1.54, 1.807) is 0 Å². The number of fused-ring (bicyclic) bond motifs is 1. The van der Waals surface area contributed by atoms with E-state index in [0.29, 0.717) is 6.54 Å². The average Bonchev–Trinajstić information content (AvgIpc) is 3.11. The first kappa shape index (κ1) is 19.1. The molecule has 0 aliphatic heterocycles. The van der Waals surface area contributed by atoms with Gasteiger partial charge in [-0.1, -0.05) is 44.2 Å². The summed E-state index contributed by atoms with van der Waals surface area (Å²) in [5, 5.41) is 29.1. The molecule has 7 heteroatoms. The third kappa shape index (κ3) is 4.95. The van der Waals surface area contributed by atoms with Crippen LogP contribution in [0.1, 0.15) is 50.4 Å². The number of aliphatic hydroxyl groups excluding tert-OH is 1. The van der Waals surface area contributed by atoms with Crippen LogP contribution in [0, 0.1) is 0 Å². The zero-order valence-corrected chi connectivity index (χ0v) is 16.0. The first-order valence-corrected chi connectivity index (χ1v) is 9.58. The Morgan fingerprint density at radius 1 is 1.04 bits per heavy atom. The summed E-state index contributed by atoms with van der Waals surface area (Å²) in [5.41, 5.74) is 2.85. The first-order chi connectivity index (χ1) is 13.2. The number of anilines is 2. The zero-order chi connectivity index (χ0) is 19.1. The Labute approximate surface area is 159 Å². The van der Waals surface area contributed by atoms with Gasteiger partial charge < -0.3 is 15.7 Å². The van der Waals surface area contributed by atoms with Crippen molar-refractivity contribution in [2.45, 2.75) is 45.6 Å². The lowest BCUT2D eigenvalue weighted by Gasteiger charge is -2.12. The molecule has 0 spiro atoms. The molecule has 0 saturated carbocycles. The van der Waals surface area contributed by atoms with Crippen LogP contribution in [0.25, 0.3) is 5.65 Å². The minimum absolute atomic E-state index is 0.231. The van der Waals surface area contributed by atoms with Gasteiger partial charge in [0, 0.05) is 31.7 Å². The van der Waals surface area contributed by atoms with Crippen LogP contribution in [0.2, 0.25) is 0 Å². The number of nitrogens with zero attached hydrogens (tertiary/aromatic N) is 4. The normalized spacial score (nSPS) is 11.3. The maximum absolute atomic E-state index is 8.89. The first-order valence-electron chi connectivity index (χ1n) is 9.58. The maximum atomic E-state index is 8.89. The van der Waals surface area contributed by atoms with Crippen LogP contribution in [0.5, 0.6) is 0 Å². The smallest absolute Gasteiger partial charge is 0.201 e. The molecule has 144 valence electrons. The highest BCUT2D eigenvalue weighted by atomic mass is 16.2. The third-order valence-electron chi connectivity index (χ3n) is 4.38. The zero-order valence-electron chi connectivity index (χ0n) is 16.0. The number of benzene rings is 1. The molecule has 27 heavy (non-hydrogen) atoms. The van der Waals surface area contributed by atoms with E-state index in [-0.39, 0.29) is 12.5 Å². The Morgan fingerprint density at radius 3 is 2.59 bits per heavy atom. The molecule has 0 fully saturated rings. The molecule has 2 heterocycles. The van der Waals surface area contributed by atoms with Gasteiger partial charge >= 0.3 is 0 Å². The van der Waals surface area contributed by atoms with E-state index in [1.165, 1.54) is 5.56 Å². The SMILES string of the molecule is CC(C)c1nnc2c(NCc3ccccc3)cc(NCCCCCO)nn12. The van der Waals surface area contributed by atoms with Crippen LogP contribution in [0.4, 0.5) is 11.5 Å². The molecular formula is C20H28N6O. The van der Waals surface area contributed by atoms with Gasteiger partial charge in [-0.3, -0.25) is 0 Å². The van der Waals surface area contributed by atoms with E-state index < -0.39 is 0 Å². The fourth-order valence-electron chi connectivity index (χ4n) is 2.90. The summed E-state index contributed by atoms with van der Waals surface area (Å²) >= 11 is 0. The van der Waals surface area contributed by atoms with E-state index >= 15 is 0 Å². The molecule has 3 aromatic rings. The number of hydrogen-bond donors (Lipinski definition) is 3. The van der Waals surface area contributed by atoms with Gasteiger partial charge in [0.2, 0.25) is 5.65 Å². The van der Waals surface area contributed by atoms with Gasteiger partial charge in [0.1, 0.15) is 5.82 Å². The molecule has 0 aliphatic carbocycles. The fraction of sp³-hybridized carbons (Fsp3) is 0.450. The van der Waals surface area contributed by atoms with Crippen LogP contribution < -0.4 is 10.6 Å². The summed E-state index contributed by atoms with van der Waals surface area (Å²) in [4.78, 5) is 0. The van der Waals surface area contributed by atoms with Crippen molar-refractivity contribution < 1.29 is 5.11 Å². The van der Waals surface area contributed by atoms with Crippen molar-refractivity contribution in [3.05, 3.63) is 47.8 Å². The van der Waals surface area contributed by atoms with Crippen molar-refractivity contribution in [1.82, 2.24) is 19.8 Å². The molecule has 0 bridgehead atoms. The topological polar surface area (TPSA) is 87.4 Å². The van der Waals surface area contributed by atoms with Gasteiger partial charge in [-0.15, -0.1) is 15.3 Å². The number of aliphatic hydroxyl groups is 1. The Kier molecular flexibility index (Phi) is 6.59. The van der Waals surface area contributed by atoms with Crippen molar-refractivity contribution in [3.63, 3.8) is 0 Å². The van der Waals surface area contributed by atoms with Crippen molar-refractivity contribution in [1.29, 1.82) is 0 Å². The molecule has 3 N–H and O–H groups in total. The van der Waals surface area contributed by atoms with Gasteiger partial charge in [-0.25, -0.2) is 0 Å². The highest BCUT2D eigenvalue weighted by Gasteiger charge is 2.15. The maximum Gasteiger partial charge on any atom is 0.201 e. The van der Waals surface area contributed by atoms with Crippen molar-refractivity contribution in [3.8, 4) is 0 Å². The molecule has 0 unspecified atom stereocenters. The summed E-state index contributed by atoms with van der Waals surface area (Å²) in [7, 11) is 0. The number of unbranched alkanes of at least 4 members (excludes halogenated alkanes) is 2. The number of rotatable bonds is 10. The van der Waals surface area contributed by atoms with Crippen molar-refractivity contribution in [2.24, 2.45) is 0 Å². The predicted octanol–water partition coefficient (Wildman–Crippen LogP) is 3.43. The predicted molar refractivity (Wildman–Crippen MR) is 108 cm³/mol. The molecular weight excluding hydrogens is 340 g/mol. The Morgan fingerprint density at radius 2 is 1.85 bits per heavy atom. The molecule has 0 saturated heterocycles. The summed E-state index contributed by atoms with van der Waals surface area (Å²) < 4.78 is 1.83. The molecule has 3 rings (SSSR count). The van der Waals surface area contributed by atoms with Gasteiger partial charge in [-0.2, -0.15) is 4.52 Å². The summed E-state index contributed by atoms with van der Waals surface area (Å²) in [6.45, 7) is 5.95. The molecule has 0 aliphatic rings. The standard InChI is InChI=1S/C20H28N6O/c1-15(2)19-23-24-20-17(22-14-16-9-5-3-6-10-16)13-18(25-26(19)20)21-11-7-4-8-12-27/h3,5-6,9-10,13,15,22,27H,4,7-8,11-12,14H2,1-2H3,(H,21,25). The molecule has 0 atom stereocenters. The largest absolute Gasteiger partial charge is 0.396 e. The van der Waals surface area contributed by atoms with Gasteiger partial charge in [0.25, 0.3) is 0 Å². The quantitative estimate of drug-likeness (QED) is 0.475. The molecule has 7 nitrogen and oxygen atoms in total. The monoisotopic (exact) mass is 368 g/mol. The van der Waals surface area contributed by atoms with Crippen LogP contribution in [0.15, 0.2) is 36.4 Å². The van der Waals surface area contributed by atoms with Gasteiger partial charge in [0.05, 0.1) is 5.69 Å². The second-order valence-corrected chi connectivity index (χ2v) is 6.94. The number of nitrogens with one attached hydrogen (secondary N) is 2. The minimum atomic E-state index is 0.231. The van der Waals surface area contributed by atoms with E-state index in [0.717, 1.165) is 48.8 Å². The molecule has 2 aromatic heterocycles. The van der Waals surface area contributed by atoms with Crippen molar-refractivity contribution in [2.75, 3.05) is 23.8 Å². The van der Waals surface area contributed by atoms with Gasteiger partial charge in [-0.05, 0) is 24.8 Å². The molecule has 0 amide bonds. The summed E-state index contributed by atoms with van der Waals surface area (Å²) in [6.07, 6.45) is 2.82. The Balaban J connectivity index is 1.81. The van der Waals surface area contributed by atoms with Crippen LogP contribution in [0.3, 0.4) is 0 Å². The Bertz CT molecular complexity index is 846. The molecule has 0 radical (unpaired) electrons. The molecule has 1 aromatic carbocycles. The number of hydrogen-bond acceptors (Lipinski definition) is 6. The van der Waals surface area contributed by atoms with Gasteiger partial charge in [0.15, 0.2) is 5.82 Å². The van der Waals surface area contributed by atoms with E-state index in [1.807, 2.05) is 28.8 Å². The third-order valence-corrected chi connectivity index (χ3v) is 4.38. The lowest BCUT2D eigenvalue weighted by molar-refractivity contribution is 0.283. The van der Waals surface area contributed by atoms with Crippen molar-refractivity contribution >= 4 is 17.2 Å². The van der Waals surface area contributed by atoms with E-state index in [4.69, 9.17) is 5.11 Å². The van der Waals surface area contributed by atoms with Crippen LogP contribution in [-0.4, -0.2) is 38.1 Å². The van der Waals surface area contributed by atoms with Crippen LogP contribution >= 0.6 is 0 Å². The summed E-state index contributed by atoms with van der Waals surface area (Å²) in [6, 6.07) is 12.3. The highest BCUT2D eigenvalue weighted by Crippen LogP contribution is 2.22. The van der Waals surface area contributed by atoms with E-state index in [2.05, 4.69) is 51.9 Å². The lowest BCUT2D eigenvalue weighted by atomic mass is 10.2. The lowest BCUT2D eigenvalue weighted by Crippen LogP contribution is -2.10. The van der Waals surface area contributed by atoms with E-state index in [9.17, 15) is 0 Å². The second kappa shape index (κ2) is 9.32. The highest BCUT2D eigenvalue weighted by molar-refractivity contribution is 5.70.